The third-order valence-electron chi connectivity index (χ3n) is 12.6. The van der Waals surface area contributed by atoms with Gasteiger partial charge in [0, 0.05) is 93.1 Å². The van der Waals surface area contributed by atoms with Gasteiger partial charge in [-0.2, -0.15) is 0 Å². The number of amides is 1. The Kier molecular flexibility index (Phi) is 11.4. The smallest absolute Gasteiger partial charge is 0.209 e. The summed E-state index contributed by atoms with van der Waals surface area (Å²) in [4.78, 5) is 22.8. The minimum absolute atomic E-state index is 0.249. The first kappa shape index (κ1) is 36.1. The first-order chi connectivity index (χ1) is 24.3. The summed E-state index contributed by atoms with van der Waals surface area (Å²) in [5.74, 6) is 2.69. The zero-order valence-corrected chi connectivity index (χ0v) is 32.1. The predicted molar refractivity (Wildman–Crippen MR) is 206 cm³/mol. The van der Waals surface area contributed by atoms with Crippen LogP contribution >= 0.6 is 23.4 Å². The number of fused-ring (bicyclic) bond motifs is 3. The van der Waals surface area contributed by atoms with Gasteiger partial charge < -0.3 is 19.3 Å². The van der Waals surface area contributed by atoms with Gasteiger partial charge in [-0.25, -0.2) is 0 Å². The Bertz CT molecular complexity index is 1520. The molecule has 2 aromatic carbocycles. The number of allylic oxidation sites excluding steroid dienone is 1. The highest BCUT2D eigenvalue weighted by atomic mass is 35.5. The van der Waals surface area contributed by atoms with E-state index in [1.807, 2.05) is 23.8 Å². The van der Waals surface area contributed by atoms with Crippen LogP contribution in [-0.2, 0) is 16.0 Å². The molecule has 0 aromatic heterocycles. The number of rotatable bonds is 7. The quantitative estimate of drug-likeness (QED) is 0.221. The predicted octanol–water partition coefficient (Wildman–Crippen LogP) is 7.22. The lowest BCUT2D eigenvalue weighted by Crippen LogP contribution is -2.64. The number of methoxy groups -OCH3 is 1. The Hall–Kier alpha value is -2.23. The van der Waals surface area contributed by atoms with Crippen LogP contribution in [0.3, 0.4) is 0 Å². The van der Waals surface area contributed by atoms with Crippen LogP contribution in [0.25, 0.3) is 0 Å². The second-order valence-electron chi connectivity index (χ2n) is 15.7. The number of halogens is 1. The molecule has 0 spiro atoms. The van der Waals surface area contributed by atoms with Crippen molar-refractivity contribution in [3.63, 3.8) is 0 Å². The summed E-state index contributed by atoms with van der Waals surface area (Å²) in [5.41, 5.74) is 3.59. The van der Waals surface area contributed by atoms with E-state index in [4.69, 9.17) is 21.1 Å². The number of carbonyl (C=O) groups excluding carboxylic acids is 1. The van der Waals surface area contributed by atoms with Crippen molar-refractivity contribution in [2.24, 2.45) is 17.8 Å². The van der Waals surface area contributed by atoms with E-state index in [1.54, 1.807) is 0 Å². The van der Waals surface area contributed by atoms with E-state index in [-0.39, 0.29) is 11.5 Å². The Morgan fingerprint density at radius 1 is 1.04 bits per heavy atom. The molecular formula is C41H57ClN4O3S. The van der Waals surface area contributed by atoms with Crippen molar-refractivity contribution in [1.29, 1.82) is 0 Å². The summed E-state index contributed by atoms with van der Waals surface area (Å²) in [7, 11) is 1.95. The van der Waals surface area contributed by atoms with Crippen LogP contribution in [0.4, 0.5) is 5.69 Å². The monoisotopic (exact) mass is 720 g/mol. The molecule has 1 saturated carbocycles. The van der Waals surface area contributed by atoms with Gasteiger partial charge in [-0.15, -0.1) is 11.8 Å². The number of hydrogen-bond acceptors (Lipinski definition) is 7. The van der Waals surface area contributed by atoms with Gasteiger partial charge in [-0.05, 0) is 84.9 Å². The molecule has 9 heteroatoms. The maximum Gasteiger partial charge on any atom is 0.209 e. The normalized spacial score (nSPS) is 32.8. The molecule has 4 heterocycles. The highest BCUT2D eigenvalue weighted by molar-refractivity contribution is 8.00. The second kappa shape index (κ2) is 15.8. The molecule has 7 atom stereocenters. The minimum atomic E-state index is -0.360. The number of nitrogens with zero attached hydrogens (tertiary/aromatic N) is 4. The van der Waals surface area contributed by atoms with Gasteiger partial charge in [0.1, 0.15) is 11.4 Å². The van der Waals surface area contributed by atoms with Crippen molar-refractivity contribution < 1.29 is 14.3 Å². The molecule has 7 rings (SSSR count). The molecule has 2 saturated heterocycles. The zero-order valence-electron chi connectivity index (χ0n) is 30.6. The molecule has 2 aromatic rings. The fourth-order valence-corrected chi connectivity index (χ4v) is 10.6. The van der Waals surface area contributed by atoms with Gasteiger partial charge in [0.25, 0.3) is 0 Å². The van der Waals surface area contributed by atoms with Gasteiger partial charge in [0.2, 0.25) is 6.41 Å². The lowest BCUT2D eigenvalue weighted by molar-refractivity contribution is -0.123. The van der Waals surface area contributed by atoms with E-state index in [0.29, 0.717) is 35.7 Å². The Balaban J connectivity index is 1.21. The van der Waals surface area contributed by atoms with Gasteiger partial charge in [-0.1, -0.05) is 57.0 Å². The van der Waals surface area contributed by atoms with Gasteiger partial charge >= 0.3 is 0 Å². The summed E-state index contributed by atoms with van der Waals surface area (Å²) < 4.78 is 13.5. The van der Waals surface area contributed by atoms with Crippen LogP contribution in [0.1, 0.15) is 63.5 Å². The average molecular weight is 721 g/mol. The van der Waals surface area contributed by atoms with E-state index in [2.05, 4.69) is 84.0 Å². The summed E-state index contributed by atoms with van der Waals surface area (Å²) in [6, 6.07) is 13.8. The van der Waals surface area contributed by atoms with E-state index < -0.39 is 0 Å². The molecule has 7 nitrogen and oxygen atoms in total. The summed E-state index contributed by atoms with van der Waals surface area (Å²) >= 11 is 8.51. The summed E-state index contributed by atoms with van der Waals surface area (Å²) in [6.45, 7) is 16.2. The van der Waals surface area contributed by atoms with Crippen molar-refractivity contribution in [3.05, 3.63) is 64.7 Å². The lowest BCUT2D eigenvalue weighted by atomic mass is 9.63. The Morgan fingerprint density at radius 2 is 1.90 bits per heavy atom. The highest BCUT2D eigenvalue weighted by Crippen LogP contribution is 2.48. The first-order valence-corrected chi connectivity index (χ1v) is 20.4. The van der Waals surface area contributed by atoms with Crippen LogP contribution in [0.2, 0.25) is 5.02 Å². The molecule has 0 N–H and O–H groups in total. The highest BCUT2D eigenvalue weighted by Gasteiger charge is 2.49. The maximum absolute atomic E-state index is 11.7. The molecule has 3 fully saturated rings. The molecule has 5 aliphatic rings. The zero-order chi connectivity index (χ0) is 34.8. The largest absolute Gasteiger partial charge is 0.491 e. The SMILES string of the molecule is CCCc1cc(Cl)ccc1C1COc2ccc3cc2N(C1)CC1CCC1C(CN1CCN2CCN(C=O)CC2C1)(OC)/C=C/CC(C)C(C)S3. The Labute approximate surface area is 309 Å². The van der Waals surface area contributed by atoms with E-state index in [1.165, 1.54) is 34.6 Å². The molecular weight excluding hydrogens is 664 g/mol. The summed E-state index contributed by atoms with van der Waals surface area (Å²) in [5, 5.41) is 1.28. The average Bonchev–Trinajstić information content (AvgIpc) is 3.28. The standard InChI is InChI=1S/C41H57ClN4O3S/c1-5-7-31-20-34(42)10-12-37(31)33-23-46-22-32-9-13-38(32)41(48-4,27-43-16-18-45-19-17-44(28-47)25-35(45)24-43)15-6-8-29(2)30(3)50-36-11-14-40(49-26-33)39(46)21-36/h6,10-12,14-15,20-21,28-30,32-33,35,38H,5,7-9,13,16-19,22-27H2,1-4H3/b15-6+. The summed E-state index contributed by atoms with van der Waals surface area (Å²) in [6.07, 6.45) is 11.5. The van der Waals surface area contributed by atoms with Crippen LogP contribution in [0.15, 0.2) is 53.4 Å². The number of aryl methyl sites for hydroxylation is 1. The Morgan fingerprint density at radius 3 is 2.68 bits per heavy atom. The molecule has 0 radical (unpaired) electrons. The van der Waals surface area contributed by atoms with Crippen molar-refractivity contribution in [2.45, 2.75) is 80.6 Å². The maximum atomic E-state index is 11.7. The number of carbonyl (C=O) groups is 1. The molecule has 50 heavy (non-hydrogen) atoms. The number of hydrogen-bond donors (Lipinski definition) is 0. The van der Waals surface area contributed by atoms with Crippen molar-refractivity contribution >= 4 is 35.5 Å². The second-order valence-corrected chi connectivity index (χ2v) is 17.6. The van der Waals surface area contributed by atoms with Crippen molar-refractivity contribution in [3.8, 4) is 5.75 Å². The van der Waals surface area contributed by atoms with Crippen LogP contribution in [0, 0.1) is 17.8 Å². The number of thioether (sulfide) groups is 1. The van der Waals surface area contributed by atoms with E-state index >= 15 is 0 Å². The molecule has 272 valence electrons. The minimum Gasteiger partial charge on any atom is -0.491 e. The van der Waals surface area contributed by atoms with Crippen LogP contribution in [-0.4, -0.2) is 111 Å². The van der Waals surface area contributed by atoms with E-state index in [9.17, 15) is 4.79 Å². The van der Waals surface area contributed by atoms with Crippen molar-refractivity contribution in [2.75, 3.05) is 77.5 Å². The molecule has 4 aliphatic heterocycles. The number of anilines is 1. The topological polar surface area (TPSA) is 48.5 Å². The van der Waals surface area contributed by atoms with Gasteiger partial charge in [0.05, 0.1) is 12.3 Å². The molecule has 1 aliphatic carbocycles. The van der Waals surface area contributed by atoms with Gasteiger partial charge in [0.15, 0.2) is 0 Å². The van der Waals surface area contributed by atoms with Gasteiger partial charge in [-0.3, -0.25) is 14.6 Å². The number of ether oxygens (including phenoxy) is 2. The third-order valence-corrected chi connectivity index (χ3v) is 14.2. The number of benzene rings is 2. The third kappa shape index (κ3) is 7.61. The molecule has 7 unspecified atom stereocenters. The lowest BCUT2D eigenvalue weighted by Gasteiger charge is -2.53. The van der Waals surface area contributed by atoms with E-state index in [0.717, 1.165) is 95.3 Å². The molecule has 2 bridgehead atoms. The van der Waals surface area contributed by atoms with Crippen LogP contribution < -0.4 is 9.64 Å². The molecule has 1 amide bonds. The fourth-order valence-electron chi connectivity index (χ4n) is 9.30. The van der Waals surface area contributed by atoms with Crippen molar-refractivity contribution in [1.82, 2.24) is 14.7 Å². The first-order valence-electron chi connectivity index (χ1n) is 19.1. The van der Waals surface area contributed by atoms with Crippen LogP contribution in [0.5, 0.6) is 5.75 Å². The fraction of sp³-hybridized carbons (Fsp3) is 0.634. The number of piperazine rings is 2.